The zero-order chi connectivity index (χ0) is 12.5. The summed E-state index contributed by atoms with van der Waals surface area (Å²) in [5.41, 5.74) is 2.32. The van der Waals surface area contributed by atoms with E-state index >= 15 is 0 Å². The van der Waals surface area contributed by atoms with Crippen LogP contribution in [0.4, 0.5) is 0 Å². The van der Waals surface area contributed by atoms with Crippen LogP contribution < -0.4 is 0 Å². The Morgan fingerprint density at radius 2 is 1.88 bits per heavy atom. The van der Waals surface area contributed by atoms with Crippen molar-refractivity contribution < 1.29 is 13.9 Å². The largest absolute Gasteiger partial charge is 0.420 e. The molecular weight excluding hydrogens is 232 g/mol. The Hall–Kier alpha value is -0.943. The van der Waals surface area contributed by atoms with Crippen molar-refractivity contribution in [3.63, 3.8) is 0 Å². The maximum atomic E-state index is 5.68. The number of hydrogen-bond acceptors (Lipinski definition) is 3. The van der Waals surface area contributed by atoms with Gasteiger partial charge in [0.05, 0.1) is 6.61 Å². The van der Waals surface area contributed by atoms with Crippen LogP contribution in [0.15, 0.2) is 30.8 Å². The van der Waals surface area contributed by atoms with E-state index in [1.807, 2.05) is 18.2 Å². The van der Waals surface area contributed by atoms with Gasteiger partial charge in [0, 0.05) is 20.3 Å². The molecule has 1 aromatic carbocycles. The highest BCUT2D eigenvalue weighted by molar-refractivity contribution is 6.27. The highest BCUT2D eigenvalue weighted by Crippen LogP contribution is 2.07. The van der Waals surface area contributed by atoms with Gasteiger partial charge in [-0.05, 0) is 11.1 Å². The van der Waals surface area contributed by atoms with E-state index in [4.69, 9.17) is 13.9 Å². The Bertz CT molecular complexity index is 320. The van der Waals surface area contributed by atoms with Crippen molar-refractivity contribution in [1.82, 2.24) is 0 Å². The van der Waals surface area contributed by atoms with Gasteiger partial charge in [-0.3, -0.25) is 0 Å². The fourth-order valence-electron chi connectivity index (χ4n) is 1.45. The van der Waals surface area contributed by atoms with E-state index < -0.39 is 9.76 Å². The molecule has 0 heterocycles. The molecule has 0 fully saturated rings. The first-order valence-electron chi connectivity index (χ1n) is 5.65. The van der Waals surface area contributed by atoms with E-state index in [2.05, 4.69) is 18.7 Å². The van der Waals surface area contributed by atoms with Gasteiger partial charge < -0.3 is 13.9 Å². The van der Waals surface area contributed by atoms with E-state index in [-0.39, 0.29) is 6.29 Å². The molecule has 0 bridgehead atoms. The van der Waals surface area contributed by atoms with Gasteiger partial charge in [-0.15, -0.1) is 0 Å². The lowest BCUT2D eigenvalue weighted by Crippen LogP contribution is -2.16. The monoisotopic (exact) mass is 252 g/mol. The minimum atomic E-state index is -0.587. The maximum absolute atomic E-state index is 5.68. The molecule has 0 saturated carbocycles. The van der Waals surface area contributed by atoms with Crippen molar-refractivity contribution in [2.45, 2.75) is 18.9 Å². The number of ether oxygens (including phenoxy) is 2. The summed E-state index contributed by atoms with van der Waals surface area (Å²) in [5.74, 6) is 0. The fourth-order valence-corrected chi connectivity index (χ4v) is 2.66. The van der Waals surface area contributed by atoms with E-state index in [1.54, 1.807) is 14.2 Å². The van der Waals surface area contributed by atoms with Crippen LogP contribution in [0, 0.1) is 0 Å². The molecule has 1 aromatic rings. The van der Waals surface area contributed by atoms with Gasteiger partial charge in [0.2, 0.25) is 0 Å². The van der Waals surface area contributed by atoms with Crippen LogP contribution in [0.5, 0.6) is 0 Å². The summed E-state index contributed by atoms with van der Waals surface area (Å²) in [5, 5.41) is 0. The molecule has 0 unspecified atom stereocenters. The van der Waals surface area contributed by atoms with E-state index in [0.29, 0.717) is 6.61 Å². The van der Waals surface area contributed by atoms with Gasteiger partial charge in [0.25, 0.3) is 0 Å². The Kier molecular flexibility index (Phi) is 6.80. The minimum Gasteiger partial charge on any atom is -0.420 e. The second kappa shape index (κ2) is 8.19. The Morgan fingerprint density at radius 3 is 2.41 bits per heavy atom. The highest BCUT2D eigenvalue weighted by Gasteiger charge is 2.04. The molecule has 0 aliphatic rings. The number of rotatable bonds is 8. The van der Waals surface area contributed by atoms with Crippen molar-refractivity contribution in [3.05, 3.63) is 42.0 Å². The summed E-state index contributed by atoms with van der Waals surface area (Å²) < 4.78 is 15.9. The molecule has 0 aliphatic carbocycles. The molecule has 0 aromatic heterocycles. The highest BCUT2D eigenvalue weighted by atomic mass is 28.2. The quantitative estimate of drug-likeness (QED) is 0.402. The zero-order valence-corrected chi connectivity index (χ0v) is 11.9. The molecule has 0 amide bonds. The molecule has 3 nitrogen and oxygen atoms in total. The van der Waals surface area contributed by atoms with Gasteiger partial charge in [-0.25, -0.2) is 0 Å². The third kappa shape index (κ3) is 5.28. The summed E-state index contributed by atoms with van der Waals surface area (Å²) in [7, 11) is 2.71. The van der Waals surface area contributed by atoms with Crippen LogP contribution >= 0.6 is 0 Å². The van der Waals surface area contributed by atoms with Crippen LogP contribution in [-0.2, 0) is 20.5 Å². The van der Waals surface area contributed by atoms with Gasteiger partial charge in [-0.1, -0.05) is 36.9 Å². The molecule has 0 spiro atoms. The summed E-state index contributed by atoms with van der Waals surface area (Å²) >= 11 is 0. The molecule has 4 heteroatoms. The second-order valence-corrected chi connectivity index (χ2v) is 5.08. The average Bonchev–Trinajstić information content (AvgIpc) is 2.40. The molecule has 0 aliphatic heterocycles. The van der Waals surface area contributed by atoms with Gasteiger partial charge in [0.15, 0.2) is 16.1 Å². The standard InChI is InChI=1S/C13H20O3Si/c1-4-11-5-7-12(8-6-11)9-16-17-10-13(14-2)15-3/h4-8,13H,1,9-10,17H2,2-3H3. The first kappa shape index (κ1) is 14.1. The Balaban J connectivity index is 2.23. The van der Waals surface area contributed by atoms with Gasteiger partial charge >= 0.3 is 0 Å². The number of hydrogen-bond donors (Lipinski definition) is 0. The van der Waals surface area contributed by atoms with Crippen molar-refractivity contribution >= 4 is 15.8 Å². The molecule has 0 N–H and O–H groups in total. The summed E-state index contributed by atoms with van der Waals surface area (Å²) in [6.45, 7) is 4.39. The van der Waals surface area contributed by atoms with Crippen LogP contribution in [0.25, 0.3) is 6.08 Å². The first-order valence-corrected chi connectivity index (χ1v) is 7.22. The molecule has 1 rings (SSSR count). The normalized spacial score (nSPS) is 11.5. The fraction of sp³-hybridized carbons (Fsp3) is 0.385. The third-order valence-electron chi connectivity index (χ3n) is 2.51. The predicted octanol–water partition coefficient (Wildman–Crippen LogP) is 1.97. The molecule has 0 atom stereocenters. The summed E-state index contributed by atoms with van der Waals surface area (Å²) in [6, 6.07) is 9.09. The van der Waals surface area contributed by atoms with Crippen LogP contribution in [-0.4, -0.2) is 30.3 Å². The Labute approximate surface area is 105 Å². The smallest absolute Gasteiger partial charge is 0.167 e. The topological polar surface area (TPSA) is 27.7 Å². The summed E-state index contributed by atoms with van der Waals surface area (Å²) in [6.07, 6.45) is 1.71. The molecule has 17 heavy (non-hydrogen) atoms. The Morgan fingerprint density at radius 1 is 1.24 bits per heavy atom. The molecule has 94 valence electrons. The van der Waals surface area contributed by atoms with Crippen molar-refractivity contribution in [2.75, 3.05) is 14.2 Å². The molecule has 0 saturated heterocycles. The second-order valence-electron chi connectivity index (χ2n) is 3.69. The van der Waals surface area contributed by atoms with E-state index in [9.17, 15) is 0 Å². The molecule has 0 radical (unpaired) electrons. The SMILES string of the molecule is C=Cc1ccc(CO[SiH2]CC(OC)OC)cc1. The minimum absolute atomic E-state index is 0.121. The molecular formula is C13H20O3Si. The lowest BCUT2D eigenvalue weighted by Gasteiger charge is -2.12. The van der Waals surface area contributed by atoms with Crippen molar-refractivity contribution in [3.8, 4) is 0 Å². The van der Waals surface area contributed by atoms with Crippen molar-refractivity contribution in [1.29, 1.82) is 0 Å². The van der Waals surface area contributed by atoms with Crippen molar-refractivity contribution in [2.24, 2.45) is 0 Å². The maximum Gasteiger partial charge on any atom is 0.167 e. The van der Waals surface area contributed by atoms with Crippen LogP contribution in [0.1, 0.15) is 11.1 Å². The van der Waals surface area contributed by atoms with Gasteiger partial charge in [0.1, 0.15) is 0 Å². The predicted molar refractivity (Wildman–Crippen MR) is 72.5 cm³/mol. The number of methoxy groups -OCH3 is 2. The lowest BCUT2D eigenvalue weighted by atomic mass is 10.1. The van der Waals surface area contributed by atoms with E-state index in [1.165, 1.54) is 5.56 Å². The van der Waals surface area contributed by atoms with E-state index in [0.717, 1.165) is 11.6 Å². The average molecular weight is 252 g/mol. The van der Waals surface area contributed by atoms with Crippen LogP contribution in [0.2, 0.25) is 6.04 Å². The third-order valence-corrected chi connectivity index (χ3v) is 3.71. The lowest BCUT2D eigenvalue weighted by molar-refractivity contribution is -0.0888. The zero-order valence-electron chi connectivity index (χ0n) is 10.5. The van der Waals surface area contributed by atoms with Gasteiger partial charge in [-0.2, -0.15) is 0 Å². The first-order chi connectivity index (χ1) is 8.30. The van der Waals surface area contributed by atoms with Crippen LogP contribution in [0.3, 0.4) is 0 Å². The number of benzene rings is 1. The summed E-state index contributed by atoms with van der Waals surface area (Å²) in [4.78, 5) is 0.